The van der Waals surface area contributed by atoms with Gasteiger partial charge in [-0.15, -0.1) is 0 Å². The average molecular weight is 883 g/mol. The number of unbranched alkanes of at least 4 members (excludes halogenated alkanes) is 30. The Kier molecular flexibility index (Phi) is 49.8. The van der Waals surface area contributed by atoms with Crippen LogP contribution in [0.4, 0.5) is 0 Å². The largest absolute Gasteiger partial charge is 0.462 e. The Morgan fingerprint density at radius 1 is 0.317 bits per heavy atom. The van der Waals surface area contributed by atoms with E-state index < -0.39 is 6.10 Å². The van der Waals surface area contributed by atoms with E-state index in [2.05, 4.69) is 69.4 Å². The first-order valence-electron chi connectivity index (χ1n) is 27.1. The number of hydrogen-bond acceptors (Lipinski definition) is 6. The van der Waals surface area contributed by atoms with Gasteiger partial charge in [-0.25, -0.2) is 0 Å². The van der Waals surface area contributed by atoms with E-state index in [0.29, 0.717) is 19.3 Å². The van der Waals surface area contributed by atoms with E-state index in [-0.39, 0.29) is 31.1 Å². The molecule has 6 nitrogen and oxygen atoms in total. The molecule has 0 fully saturated rings. The number of allylic oxidation sites excluding steroid dienone is 8. The lowest BCUT2D eigenvalue weighted by Gasteiger charge is -2.18. The lowest BCUT2D eigenvalue weighted by atomic mass is 10.1. The minimum Gasteiger partial charge on any atom is -0.462 e. The topological polar surface area (TPSA) is 78.9 Å². The third-order valence-electron chi connectivity index (χ3n) is 11.8. The van der Waals surface area contributed by atoms with Crippen molar-refractivity contribution in [2.45, 2.75) is 284 Å². The summed E-state index contributed by atoms with van der Waals surface area (Å²) in [5.74, 6) is -0.884. The van der Waals surface area contributed by atoms with Crippen molar-refractivity contribution in [3.63, 3.8) is 0 Å². The summed E-state index contributed by atoms with van der Waals surface area (Å²) in [4.78, 5) is 38.0. The second kappa shape index (κ2) is 52.0. The van der Waals surface area contributed by atoms with E-state index in [4.69, 9.17) is 14.2 Å². The molecule has 0 spiro atoms. The molecule has 0 aliphatic heterocycles. The Bertz CT molecular complexity index is 1110. The summed E-state index contributed by atoms with van der Waals surface area (Å²) in [6.45, 7) is 6.59. The van der Waals surface area contributed by atoms with Crippen LogP contribution in [0.1, 0.15) is 278 Å². The second-order valence-corrected chi connectivity index (χ2v) is 18.1. The van der Waals surface area contributed by atoms with E-state index >= 15 is 0 Å². The Hall–Kier alpha value is -2.63. The summed E-state index contributed by atoms with van der Waals surface area (Å²) in [7, 11) is 0. The average Bonchev–Trinajstić information content (AvgIpc) is 3.28. The van der Waals surface area contributed by atoms with Gasteiger partial charge in [-0.2, -0.15) is 0 Å². The minimum absolute atomic E-state index is 0.0766. The molecular weight excluding hydrogens is 781 g/mol. The number of carbonyl (C=O) groups is 3. The van der Waals surface area contributed by atoms with Crippen molar-refractivity contribution in [2.24, 2.45) is 0 Å². The number of esters is 3. The van der Waals surface area contributed by atoms with Crippen molar-refractivity contribution < 1.29 is 28.6 Å². The molecule has 1 atom stereocenters. The van der Waals surface area contributed by atoms with Crippen LogP contribution in [0.2, 0.25) is 0 Å². The van der Waals surface area contributed by atoms with Gasteiger partial charge < -0.3 is 14.2 Å². The molecule has 0 N–H and O–H groups in total. The Morgan fingerprint density at radius 3 is 0.905 bits per heavy atom. The zero-order valence-electron chi connectivity index (χ0n) is 41.8. The van der Waals surface area contributed by atoms with Crippen LogP contribution in [0.3, 0.4) is 0 Å². The molecule has 0 rings (SSSR count). The minimum atomic E-state index is -0.777. The second-order valence-electron chi connectivity index (χ2n) is 18.1. The molecule has 0 aliphatic rings. The molecule has 0 aromatic heterocycles. The fourth-order valence-corrected chi connectivity index (χ4v) is 7.68. The van der Waals surface area contributed by atoms with Crippen LogP contribution in [0.5, 0.6) is 0 Å². The van der Waals surface area contributed by atoms with Crippen molar-refractivity contribution >= 4 is 17.9 Å². The Labute approximate surface area is 390 Å². The van der Waals surface area contributed by atoms with Gasteiger partial charge in [0.25, 0.3) is 0 Å². The van der Waals surface area contributed by atoms with Gasteiger partial charge in [-0.3, -0.25) is 14.4 Å². The molecule has 0 unspecified atom stereocenters. The molecule has 0 heterocycles. The molecule has 0 aliphatic carbocycles. The summed E-state index contributed by atoms with van der Waals surface area (Å²) in [6.07, 6.45) is 62.3. The highest BCUT2D eigenvalue weighted by Crippen LogP contribution is 2.15. The molecule has 0 amide bonds. The van der Waals surface area contributed by atoms with Gasteiger partial charge in [0.2, 0.25) is 0 Å². The predicted molar refractivity (Wildman–Crippen MR) is 270 cm³/mol. The van der Waals surface area contributed by atoms with Gasteiger partial charge in [0.1, 0.15) is 13.2 Å². The SMILES string of the molecule is CCCCC/C=C\C/C=C\CCCCCCCCCC(=O)OC[C@H](COC(=O)CCCCCCCCCCCCC)OC(=O)CCCCCCCCC/C=C\C/C=C\CCCCC. The monoisotopic (exact) mass is 883 g/mol. The number of hydrogen-bond donors (Lipinski definition) is 0. The summed E-state index contributed by atoms with van der Waals surface area (Å²) >= 11 is 0. The van der Waals surface area contributed by atoms with Crippen molar-refractivity contribution in [2.75, 3.05) is 13.2 Å². The van der Waals surface area contributed by atoms with Gasteiger partial charge in [-0.05, 0) is 83.5 Å². The smallest absolute Gasteiger partial charge is 0.306 e. The molecule has 0 saturated carbocycles. The predicted octanol–water partition coefficient (Wildman–Crippen LogP) is 17.9. The van der Waals surface area contributed by atoms with Gasteiger partial charge >= 0.3 is 17.9 Å². The summed E-state index contributed by atoms with van der Waals surface area (Å²) in [5, 5.41) is 0. The van der Waals surface area contributed by atoms with Crippen molar-refractivity contribution in [3.05, 3.63) is 48.6 Å². The fourth-order valence-electron chi connectivity index (χ4n) is 7.68. The van der Waals surface area contributed by atoms with Crippen LogP contribution in [0.25, 0.3) is 0 Å². The standard InChI is InChI=1S/C57H102O6/c1-4-7-10-13-16-19-22-24-26-28-30-32-35-38-41-44-47-50-56(59)62-53-54(52-61-55(58)49-46-43-40-37-34-21-18-15-12-9-6-3)63-57(60)51-48-45-42-39-36-33-31-29-27-25-23-20-17-14-11-8-5-2/h16-17,19-20,24-27,54H,4-15,18,21-23,28-53H2,1-3H3/b19-16-,20-17-,26-24-,27-25-/t54-/m0/s1. The molecule has 0 bridgehead atoms. The summed E-state index contributed by atoms with van der Waals surface area (Å²) in [5.41, 5.74) is 0. The highest BCUT2D eigenvalue weighted by Gasteiger charge is 2.19. The van der Waals surface area contributed by atoms with Crippen molar-refractivity contribution in [3.8, 4) is 0 Å². The summed E-state index contributed by atoms with van der Waals surface area (Å²) in [6, 6.07) is 0. The fraction of sp³-hybridized carbons (Fsp3) is 0.807. The van der Waals surface area contributed by atoms with E-state index in [0.717, 1.165) is 83.5 Å². The molecule has 6 heteroatoms. The first kappa shape index (κ1) is 60.4. The van der Waals surface area contributed by atoms with Crippen LogP contribution in [0.15, 0.2) is 48.6 Å². The third kappa shape index (κ3) is 50.2. The number of rotatable bonds is 49. The normalized spacial score (nSPS) is 12.4. The summed E-state index contributed by atoms with van der Waals surface area (Å²) < 4.78 is 16.8. The van der Waals surface area contributed by atoms with Crippen LogP contribution in [-0.4, -0.2) is 37.2 Å². The Morgan fingerprint density at radius 2 is 0.571 bits per heavy atom. The van der Waals surface area contributed by atoms with E-state index in [1.807, 2.05) is 0 Å². The van der Waals surface area contributed by atoms with Crippen molar-refractivity contribution in [1.82, 2.24) is 0 Å². The first-order valence-corrected chi connectivity index (χ1v) is 27.1. The molecule has 0 aromatic rings. The van der Waals surface area contributed by atoms with Gasteiger partial charge in [0, 0.05) is 19.3 Å². The van der Waals surface area contributed by atoms with E-state index in [9.17, 15) is 14.4 Å². The lowest BCUT2D eigenvalue weighted by molar-refractivity contribution is -0.167. The highest BCUT2D eigenvalue weighted by atomic mass is 16.6. The molecule has 0 aromatic carbocycles. The molecule has 366 valence electrons. The highest BCUT2D eigenvalue weighted by molar-refractivity contribution is 5.71. The van der Waals surface area contributed by atoms with Crippen LogP contribution >= 0.6 is 0 Å². The van der Waals surface area contributed by atoms with Gasteiger partial charge in [-0.1, -0.05) is 223 Å². The quantitative estimate of drug-likeness (QED) is 0.0262. The lowest BCUT2D eigenvalue weighted by Crippen LogP contribution is -2.30. The molecule has 0 saturated heterocycles. The maximum Gasteiger partial charge on any atom is 0.306 e. The first-order chi connectivity index (χ1) is 31.0. The number of carbonyl (C=O) groups excluding carboxylic acids is 3. The maximum atomic E-state index is 12.8. The van der Waals surface area contributed by atoms with Crippen LogP contribution in [0, 0.1) is 0 Å². The van der Waals surface area contributed by atoms with Crippen LogP contribution in [-0.2, 0) is 28.6 Å². The molecule has 63 heavy (non-hydrogen) atoms. The maximum absolute atomic E-state index is 12.8. The third-order valence-corrected chi connectivity index (χ3v) is 11.8. The van der Waals surface area contributed by atoms with E-state index in [1.54, 1.807) is 0 Å². The molecular formula is C57H102O6. The van der Waals surface area contributed by atoms with Gasteiger partial charge in [0.15, 0.2) is 6.10 Å². The number of ether oxygens (including phenoxy) is 3. The van der Waals surface area contributed by atoms with E-state index in [1.165, 1.54) is 154 Å². The van der Waals surface area contributed by atoms with Crippen molar-refractivity contribution in [1.29, 1.82) is 0 Å². The Balaban J connectivity index is 4.36. The zero-order chi connectivity index (χ0) is 45.8. The van der Waals surface area contributed by atoms with Crippen LogP contribution < -0.4 is 0 Å². The molecule has 0 radical (unpaired) electrons. The van der Waals surface area contributed by atoms with Gasteiger partial charge in [0.05, 0.1) is 0 Å². The zero-order valence-corrected chi connectivity index (χ0v) is 41.8.